The van der Waals surface area contributed by atoms with Gasteiger partial charge in [-0.3, -0.25) is 0 Å². The second-order valence-electron chi connectivity index (χ2n) is 5.71. The molecule has 0 heterocycles. The van der Waals surface area contributed by atoms with E-state index in [-0.39, 0.29) is 6.04 Å². The summed E-state index contributed by atoms with van der Waals surface area (Å²) in [7, 11) is 0. The Labute approximate surface area is 108 Å². The topological polar surface area (TPSA) is 55.5 Å². The lowest BCUT2D eigenvalue weighted by molar-refractivity contribution is -0.00499. The van der Waals surface area contributed by atoms with Gasteiger partial charge in [-0.15, -0.1) is 0 Å². The summed E-state index contributed by atoms with van der Waals surface area (Å²) in [5.74, 6) is 0.914. The Morgan fingerprint density at radius 3 is 2.22 bits per heavy atom. The van der Waals surface area contributed by atoms with E-state index in [2.05, 4.69) is 0 Å². The predicted octanol–water partition coefficient (Wildman–Crippen LogP) is 2.32. The summed E-state index contributed by atoms with van der Waals surface area (Å²) in [6.07, 6.45) is 6.08. The van der Waals surface area contributed by atoms with Crippen LogP contribution in [0.2, 0.25) is 0 Å². The molecule has 2 saturated carbocycles. The average molecular weight is 247 g/mol. The number of aliphatic hydroxyl groups is 1. The predicted molar refractivity (Wildman–Crippen MR) is 70.4 cm³/mol. The Morgan fingerprint density at radius 2 is 1.67 bits per heavy atom. The van der Waals surface area contributed by atoms with Crippen molar-refractivity contribution in [1.29, 1.82) is 0 Å². The third kappa shape index (κ3) is 2.52. The van der Waals surface area contributed by atoms with Crippen molar-refractivity contribution in [1.82, 2.24) is 0 Å². The third-order valence-electron chi connectivity index (χ3n) is 4.08. The molecule has 0 amide bonds. The van der Waals surface area contributed by atoms with Crippen LogP contribution in [-0.2, 0) is 5.60 Å². The Bertz CT molecular complexity index is 403. The molecule has 0 radical (unpaired) electrons. The summed E-state index contributed by atoms with van der Waals surface area (Å²) in [5.41, 5.74) is 6.20. The monoisotopic (exact) mass is 247 g/mol. The lowest BCUT2D eigenvalue weighted by Crippen LogP contribution is -2.36. The van der Waals surface area contributed by atoms with E-state index >= 15 is 0 Å². The zero-order valence-electron chi connectivity index (χ0n) is 10.6. The van der Waals surface area contributed by atoms with Gasteiger partial charge in [0.1, 0.15) is 5.75 Å². The molecule has 2 fully saturated rings. The molecule has 0 atom stereocenters. The summed E-state index contributed by atoms with van der Waals surface area (Å²) in [6.45, 7) is 0. The van der Waals surface area contributed by atoms with E-state index in [0.717, 1.165) is 37.0 Å². The van der Waals surface area contributed by atoms with Gasteiger partial charge in [-0.1, -0.05) is 12.1 Å². The molecule has 2 aliphatic carbocycles. The minimum atomic E-state index is -0.687. The molecule has 0 unspecified atom stereocenters. The molecule has 0 spiro atoms. The van der Waals surface area contributed by atoms with E-state index in [9.17, 15) is 5.11 Å². The number of rotatable bonds is 3. The van der Waals surface area contributed by atoms with Gasteiger partial charge in [-0.2, -0.15) is 0 Å². The summed E-state index contributed by atoms with van der Waals surface area (Å²) in [5, 5.41) is 10.6. The lowest BCUT2D eigenvalue weighted by Gasteiger charge is -2.35. The van der Waals surface area contributed by atoms with Gasteiger partial charge in [0.25, 0.3) is 0 Å². The van der Waals surface area contributed by atoms with Crippen molar-refractivity contribution in [2.24, 2.45) is 5.73 Å². The maximum atomic E-state index is 10.6. The van der Waals surface area contributed by atoms with E-state index in [1.54, 1.807) is 0 Å². The van der Waals surface area contributed by atoms with Crippen molar-refractivity contribution in [3.63, 3.8) is 0 Å². The maximum absolute atomic E-state index is 10.6. The highest BCUT2D eigenvalue weighted by molar-refractivity contribution is 5.31. The molecule has 3 rings (SSSR count). The summed E-state index contributed by atoms with van der Waals surface area (Å²) >= 11 is 0. The van der Waals surface area contributed by atoms with Crippen LogP contribution in [0.25, 0.3) is 0 Å². The van der Waals surface area contributed by atoms with Gasteiger partial charge < -0.3 is 15.6 Å². The van der Waals surface area contributed by atoms with Crippen LogP contribution < -0.4 is 10.5 Å². The van der Waals surface area contributed by atoms with Crippen molar-refractivity contribution in [2.75, 3.05) is 0 Å². The Morgan fingerprint density at radius 1 is 1.06 bits per heavy atom. The van der Waals surface area contributed by atoms with Gasteiger partial charge in [0.15, 0.2) is 0 Å². The summed E-state index contributed by atoms with van der Waals surface area (Å²) in [6, 6.07) is 8.19. The average Bonchev–Trinajstić information content (AvgIpc) is 3.18. The first-order valence-electron chi connectivity index (χ1n) is 6.91. The SMILES string of the molecule is NC1CCC(O)(c2ccc(OC3CC3)cc2)CC1. The number of hydrogen-bond donors (Lipinski definition) is 2. The number of nitrogens with two attached hydrogens (primary N) is 1. The molecular formula is C15H21NO2. The quantitative estimate of drug-likeness (QED) is 0.861. The zero-order chi connectivity index (χ0) is 12.6. The van der Waals surface area contributed by atoms with Gasteiger partial charge in [0, 0.05) is 6.04 Å². The van der Waals surface area contributed by atoms with Crippen molar-refractivity contribution in [3.05, 3.63) is 29.8 Å². The fraction of sp³-hybridized carbons (Fsp3) is 0.600. The minimum absolute atomic E-state index is 0.253. The van der Waals surface area contributed by atoms with Gasteiger partial charge in [-0.05, 0) is 56.2 Å². The molecule has 2 aliphatic rings. The van der Waals surface area contributed by atoms with E-state index in [1.165, 1.54) is 12.8 Å². The number of hydrogen-bond acceptors (Lipinski definition) is 3. The van der Waals surface area contributed by atoms with Crippen molar-refractivity contribution < 1.29 is 9.84 Å². The van der Waals surface area contributed by atoms with Gasteiger partial charge >= 0.3 is 0 Å². The molecule has 3 N–H and O–H groups in total. The fourth-order valence-corrected chi connectivity index (χ4v) is 2.63. The first-order chi connectivity index (χ1) is 8.66. The highest BCUT2D eigenvalue weighted by Gasteiger charge is 2.33. The van der Waals surface area contributed by atoms with Gasteiger partial charge in [0.2, 0.25) is 0 Å². The van der Waals surface area contributed by atoms with E-state index in [1.807, 2.05) is 24.3 Å². The molecule has 0 saturated heterocycles. The Hall–Kier alpha value is -1.06. The molecule has 0 bridgehead atoms. The maximum Gasteiger partial charge on any atom is 0.119 e. The van der Waals surface area contributed by atoms with Crippen LogP contribution >= 0.6 is 0 Å². The first-order valence-corrected chi connectivity index (χ1v) is 6.91. The molecule has 3 nitrogen and oxygen atoms in total. The van der Waals surface area contributed by atoms with Crippen LogP contribution in [0, 0.1) is 0 Å². The van der Waals surface area contributed by atoms with Crippen LogP contribution in [0.1, 0.15) is 44.1 Å². The highest BCUT2D eigenvalue weighted by atomic mass is 16.5. The second kappa shape index (κ2) is 4.56. The number of ether oxygens (including phenoxy) is 1. The van der Waals surface area contributed by atoms with Crippen molar-refractivity contribution in [3.8, 4) is 5.75 Å². The molecule has 0 aliphatic heterocycles. The number of benzene rings is 1. The second-order valence-corrected chi connectivity index (χ2v) is 5.71. The van der Waals surface area contributed by atoms with Crippen LogP contribution in [0.3, 0.4) is 0 Å². The standard InChI is InChI=1S/C15H21NO2/c16-12-7-9-15(17,10-8-12)11-1-3-13(4-2-11)18-14-5-6-14/h1-4,12,14,17H,5-10,16H2. The fourth-order valence-electron chi connectivity index (χ4n) is 2.63. The lowest BCUT2D eigenvalue weighted by atomic mass is 9.78. The van der Waals surface area contributed by atoms with Gasteiger partial charge in [-0.25, -0.2) is 0 Å². The van der Waals surface area contributed by atoms with Crippen molar-refractivity contribution in [2.45, 2.75) is 56.3 Å². The van der Waals surface area contributed by atoms with E-state index in [4.69, 9.17) is 10.5 Å². The highest BCUT2D eigenvalue weighted by Crippen LogP contribution is 2.37. The molecular weight excluding hydrogens is 226 g/mol. The molecule has 0 aromatic heterocycles. The van der Waals surface area contributed by atoms with E-state index in [0.29, 0.717) is 6.10 Å². The largest absolute Gasteiger partial charge is 0.490 e. The van der Waals surface area contributed by atoms with Crippen LogP contribution in [0.4, 0.5) is 0 Å². The summed E-state index contributed by atoms with van der Waals surface area (Å²) < 4.78 is 5.72. The smallest absolute Gasteiger partial charge is 0.119 e. The van der Waals surface area contributed by atoms with Crippen LogP contribution in [0.5, 0.6) is 5.75 Å². The zero-order valence-corrected chi connectivity index (χ0v) is 10.6. The Balaban J connectivity index is 1.70. The molecule has 98 valence electrons. The first kappa shape index (κ1) is 12.0. The molecule has 1 aromatic rings. The normalized spacial score (nSPS) is 32.2. The molecule has 3 heteroatoms. The molecule has 18 heavy (non-hydrogen) atoms. The Kier molecular flexibility index (Phi) is 3.04. The molecule has 1 aromatic carbocycles. The van der Waals surface area contributed by atoms with E-state index < -0.39 is 5.60 Å². The minimum Gasteiger partial charge on any atom is -0.490 e. The summed E-state index contributed by atoms with van der Waals surface area (Å²) in [4.78, 5) is 0. The van der Waals surface area contributed by atoms with Gasteiger partial charge in [0.05, 0.1) is 11.7 Å². The van der Waals surface area contributed by atoms with Crippen molar-refractivity contribution >= 4 is 0 Å². The van der Waals surface area contributed by atoms with Crippen LogP contribution in [-0.4, -0.2) is 17.3 Å². The third-order valence-corrected chi connectivity index (χ3v) is 4.08. The van der Waals surface area contributed by atoms with Crippen LogP contribution in [0.15, 0.2) is 24.3 Å².